The van der Waals surface area contributed by atoms with Gasteiger partial charge in [-0.25, -0.2) is 4.98 Å². The lowest BCUT2D eigenvalue weighted by molar-refractivity contribution is -0.136. The Morgan fingerprint density at radius 2 is 1.64 bits per heavy atom. The molecule has 2 aromatic carbocycles. The van der Waals surface area contributed by atoms with Crippen molar-refractivity contribution in [1.29, 1.82) is 0 Å². The number of rotatable bonds is 5. The minimum atomic E-state index is -4.48. The maximum atomic E-state index is 13.2. The van der Waals surface area contributed by atoms with E-state index in [-0.39, 0.29) is 23.2 Å². The lowest BCUT2D eigenvalue weighted by Crippen LogP contribution is -2.09. The molecule has 5 nitrogen and oxygen atoms in total. The zero-order valence-electron chi connectivity index (χ0n) is 15.1. The minimum absolute atomic E-state index is 0.0480. The lowest BCUT2D eigenvalue weighted by atomic mass is 10.1. The number of ketones is 1. The number of halogens is 3. The second-order valence-corrected chi connectivity index (χ2v) is 6.15. The summed E-state index contributed by atoms with van der Waals surface area (Å²) >= 11 is 0. The molecule has 0 aliphatic heterocycles. The number of para-hydroxylation sites is 1. The fraction of sp³-hybridized carbons (Fsp3) is 0.150. The van der Waals surface area contributed by atoms with Gasteiger partial charge in [0, 0.05) is 23.0 Å². The number of Topliss-reactive ketones (excluding diaryl/α,β-unsaturated/α-hetero) is 1. The third-order valence-corrected chi connectivity index (χ3v) is 3.90. The molecule has 0 spiro atoms. The molecule has 0 atom stereocenters. The summed E-state index contributed by atoms with van der Waals surface area (Å²) in [6.45, 7) is 3.19. The number of aromatic nitrogens is 2. The van der Waals surface area contributed by atoms with Gasteiger partial charge in [0.15, 0.2) is 5.78 Å². The molecule has 0 aliphatic carbocycles. The molecule has 144 valence electrons. The molecule has 2 N–H and O–H groups in total. The van der Waals surface area contributed by atoms with E-state index in [1.54, 1.807) is 37.3 Å². The van der Waals surface area contributed by atoms with Gasteiger partial charge in [-0.05, 0) is 50.2 Å². The van der Waals surface area contributed by atoms with Crippen LogP contribution < -0.4 is 10.6 Å². The second-order valence-electron chi connectivity index (χ2n) is 6.15. The molecule has 3 aromatic rings. The molecule has 0 fully saturated rings. The number of nitrogens with zero attached hydrogens (tertiary/aromatic N) is 2. The monoisotopic (exact) mass is 386 g/mol. The Balaban J connectivity index is 1.85. The van der Waals surface area contributed by atoms with Crippen LogP contribution in [0.15, 0.2) is 54.6 Å². The van der Waals surface area contributed by atoms with Crippen LogP contribution >= 0.6 is 0 Å². The molecule has 0 unspecified atom stereocenters. The van der Waals surface area contributed by atoms with Crippen LogP contribution in [0.2, 0.25) is 0 Å². The molecule has 0 radical (unpaired) electrons. The van der Waals surface area contributed by atoms with Gasteiger partial charge in [0.1, 0.15) is 5.82 Å². The number of nitrogens with one attached hydrogen (secondary N) is 2. The average Bonchev–Trinajstić information content (AvgIpc) is 2.61. The summed E-state index contributed by atoms with van der Waals surface area (Å²) in [5, 5.41) is 5.70. The first-order chi connectivity index (χ1) is 13.2. The van der Waals surface area contributed by atoms with Gasteiger partial charge in [0.25, 0.3) is 0 Å². The lowest BCUT2D eigenvalue weighted by Gasteiger charge is -2.15. The number of hydrogen-bond acceptors (Lipinski definition) is 5. The molecular formula is C20H17F3N4O. The molecule has 0 amide bonds. The Bertz CT molecular complexity index is 1000. The minimum Gasteiger partial charge on any atom is -0.340 e. The smallest absolute Gasteiger partial charge is 0.340 e. The first-order valence-electron chi connectivity index (χ1n) is 8.39. The fourth-order valence-corrected chi connectivity index (χ4v) is 2.58. The summed E-state index contributed by atoms with van der Waals surface area (Å²) in [6, 6.07) is 13.5. The molecule has 8 heteroatoms. The summed E-state index contributed by atoms with van der Waals surface area (Å²) in [6.07, 6.45) is -4.48. The summed E-state index contributed by atoms with van der Waals surface area (Å²) in [7, 11) is 0. The predicted octanol–water partition coefficient (Wildman–Crippen LogP) is 5.49. The van der Waals surface area contributed by atoms with E-state index in [1.165, 1.54) is 25.1 Å². The second kappa shape index (κ2) is 7.67. The molecular weight excluding hydrogens is 369 g/mol. The normalized spacial score (nSPS) is 11.2. The van der Waals surface area contributed by atoms with Crippen molar-refractivity contribution in [2.75, 3.05) is 10.6 Å². The van der Waals surface area contributed by atoms with Gasteiger partial charge in [-0.3, -0.25) is 4.79 Å². The standard InChI is InChI=1S/C20H17F3N4O/c1-12-11-18(26-17-6-4-3-5-16(17)20(21,22)23)27-19(24-12)25-15-9-7-14(8-10-15)13(2)28/h3-11H,1-2H3,(H2,24,25,26,27). The average molecular weight is 386 g/mol. The van der Waals surface area contributed by atoms with E-state index in [4.69, 9.17) is 0 Å². The van der Waals surface area contributed by atoms with Gasteiger partial charge in [-0.1, -0.05) is 12.1 Å². The van der Waals surface area contributed by atoms with E-state index in [2.05, 4.69) is 20.6 Å². The first kappa shape index (κ1) is 19.3. The quantitative estimate of drug-likeness (QED) is 0.567. The van der Waals surface area contributed by atoms with Crippen LogP contribution in [0.1, 0.15) is 28.5 Å². The van der Waals surface area contributed by atoms with E-state index >= 15 is 0 Å². The molecule has 0 aliphatic rings. The third kappa shape index (κ3) is 4.64. The van der Waals surface area contributed by atoms with Crippen LogP contribution in [0.25, 0.3) is 0 Å². The SMILES string of the molecule is CC(=O)c1ccc(Nc2nc(C)cc(Nc3ccccc3C(F)(F)F)n2)cc1. The van der Waals surface area contributed by atoms with Gasteiger partial charge in [-0.2, -0.15) is 18.2 Å². The fourth-order valence-electron chi connectivity index (χ4n) is 2.58. The van der Waals surface area contributed by atoms with E-state index < -0.39 is 11.7 Å². The zero-order chi connectivity index (χ0) is 20.3. The molecule has 0 saturated heterocycles. The zero-order valence-corrected chi connectivity index (χ0v) is 15.1. The van der Waals surface area contributed by atoms with Crippen molar-refractivity contribution >= 4 is 28.9 Å². The number of carbonyl (C=O) groups excluding carboxylic acids is 1. The number of aryl methyl sites for hydroxylation is 1. The molecule has 1 heterocycles. The number of alkyl halides is 3. The van der Waals surface area contributed by atoms with Crippen LogP contribution in [-0.2, 0) is 6.18 Å². The van der Waals surface area contributed by atoms with Crippen LogP contribution in [0.3, 0.4) is 0 Å². The summed E-state index contributed by atoms with van der Waals surface area (Å²) in [5.41, 5.74) is 0.925. The molecule has 0 saturated carbocycles. The van der Waals surface area contributed by atoms with Gasteiger partial charge in [0.05, 0.1) is 11.3 Å². The van der Waals surface area contributed by atoms with Crippen molar-refractivity contribution in [2.45, 2.75) is 20.0 Å². The molecule has 3 rings (SSSR count). The number of carbonyl (C=O) groups is 1. The molecule has 28 heavy (non-hydrogen) atoms. The van der Waals surface area contributed by atoms with Crippen LogP contribution in [0.5, 0.6) is 0 Å². The highest BCUT2D eigenvalue weighted by Crippen LogP contribution is 2.35. The highest BCUT2D eigenvalue weighted by atomic mass is 19.4. The van der Waals surface area contributed by atoms with Gasteiger partial charge in [-0.15, -0.1) is 0 Å². The Kier molecular flexibility index (Phi) is 5.30. The largest absolute Gasteiger partial charge is 0.418 e. The Morgan fingerprint density at radius 1 is 0.964 bits per heavy atom. The third-order valence-electron chi connectivity index (χ3n) is 3.90. The maximum absolute atomic E-state index is 13.2. The van der Waals surface area contributed by atoms with E-state index in [0.717, 1.165) is 6.07 Å². The van der Waals surface area contributed by atoms with Crippen molar-refractivity contribution in [3.8, 4) is 0 Å². The Morgan fingerprint density at radius 3 is 2.29 bits per heavy atom. The van der Waals surface area contributed by atoms with E-state index in [9.17, 15) is 18.0 Å². The van der Waals surface area contributed by atoms with Crippen LogP contribution in [0, 0.1) is 6.92 Å². The van der Waals surface area contributed by atoms with E-state index in [1.807, 2.05) is 0 Å². The Labute approximate surface area is 159 Å². The number of anilines is 4. The van der Waals surface area contributed by atoms with Crippen molar-refractivity contribution < 1.29 is 18.0 Å². The topological polar surface area (TPSA) is 66.9 Å². The summed E-state index contributed by atoms with van der Waals surface area (Å²) < 4.78 is 39.5. The van der Waals surface area contributed by atoms with Crippen molar-refractivity contribution in [1.82, 2.24) is 9.97 Å². The maximum Gasteiger partial charge on any atom is 0.418 e. The summed E-state index contributed by atoms with van der Waals surface area (Å²) in [4.78, 5) is 19.8. The van der Waals surface area contributed by atoms with Crippen molar-refractivity contribution in [3.05, 3.63) is 71.4 Å². The van der Waals surface area contributed by atoms with Crippen LogP contribution in [0.4, 0.5) is 36.3 Å². The van der Waals surface area contributed by atoms with Crippen molar-refractivity contribution in [3.63, 3.8) is 0 Å². The predicted molar refractivity (Wildman–Crippen MR) is 101 cm³/mol. The number of benzene rings is 2. The van der Waals surface area contributed by atoms with Crippen LogP contribution in [-0.4, -0.2) is 15.8 Å². The Hall–Kier alpha value is -3.42. The number of hydrogen-bond donors (Lipinski definition) is 2. The van der Waals surface area contributed by atoms with Gasteiger partial charge >= 0.3 is 6.18 Å². The van der Waals surface area contributed by atoms with Gasteiger partial charge < -0.3 is 10.6 Å². The highest BCUT2D eigenvalue weighted by molar-refractivity contribution is 5.94. The van der Waals surface area contributed by atoms with Gasteiger partial charge in [0.2, 0.25) is 5.95 Å². The van der Waals surface area contributed by atoms with Crippen molar-refractivity contribution in [2.24, 2.45) is 0 Å². The first-order valence-corrected chi connectivity index (χ1v) is 8.39. The highest BCUT2D eigenvalue weighted by Gasteiger charge is 2.33. The molecule has 0 bridgehead atoms. The molecule has 1 aromatic heterocycles. The summed E-state index contributed by atoms with van der Waals surface area (Å²) in [5.74, 6) is 0.405. The van der Waals surface area contributed by atoms with E-state index in [0.29, 0.717) is 16.9 Å².